The second-order valence-corrected chi connectivity index (χ2v) is 11.0. The Bertz CT molecular complexity index is 1110. The van der Waals surface area contributed by atoms with Gasteiger partial charge in [0.15, 0.2) is 0 Å². The summed E-state index contributed by atoms with van der Waals surface area (Å²) in [5, 5.41) is 19.6. The van der Waals surface area contributed by atoms with Crippen molar-refractivity contribution in [2.24, 2.45) is 0 Å². The van der Waals surface area contributed by atoms with E-state index in [2.05, 4.69) is 29.9 Å². The van der Waals surface area contributed by atoms with Gasteiger partial charge in [0.25, 0.3) is 0 Å². The zero-order valence-electron chi connectivity index (χ0n) is 20.2. The highest BCUT2D eigenvalue weighted by molar-refractivity contribution is 8.14. The molecule has 0 aliphatic carbocycles. The zero-order chi connectivity index (χ0) is 24.1. The number of phenolic OH excluding ortho intramolecular Hbond substituents is 1. The van der Waals surface area contributed by atoms with Crippen molar-refractivity contribution in [3.8, 4) is 17.2 Å². The lowest BCUT2D eigenvalue weighted by molar-refractivity contribution is -0.131. The number of aromatic nitrogens is 3. The number of hydrogen-bond acceptors (Lipinski definition) is 5. The van der Waals surface area contributed by atoms with Crippen molar-refractivity contribution < 1.29 is 14.6 Å². The number of nitrogens with zero attached hydrogens (tertiary/aromatic N) is 3. The molecule has 1 N–H and O–H groups in total. The minimum atomic E-state index is -0.391. The van der Waals surface area contributed by atoms with Crippen molar-refractivity contribution in [3.05, 3.63) is 41.5 Å². The van der Waals surface area contributed by atoms with Crippen LogP contribution in [0.3, 0.4) is 0 Å². The van der Waals surface area contributed by atoms with Gasteiger partial charge in [0, 0.05) is 18.6 Å². The predicted octanol–water partition coefficient (Wildman–Crippen LogP) is 5.77. The molecule has 0 aliphatic heterocycles. The Morgan fingerprint density at radius 3 is 2.34 bits per heavy atom. The highest BCUT2D eigenvalue weighted by Crippen LogP contribution is 2.36. The summed E-state index contributed by atoms with van der Waals surface area (Å²) in [4.78, 5) is 12.5. The van der Waals surface area contributed by atoms with Crippen LogP contribution in [0.1, 0.15) is 59.1 Å². The standard InChI is InChI=1S/C19H21N3O3.C6H14S/c1-11-8-14(19(3,4)5)18(24)17(9-11)22-20-15-7-6-13(25-12(2)23)10-16(15)21-22;1-4-6-7(3)5-2/h6-10,24H,1-5H3;3-6H2,1-2H3. The molecule has 0 saturated heterocycles. The first-order valence-corrected chi connectivity index (χ1v) is 12.6. The lowest BCUT2D eigenvalue weighted by Crippen LogP contribution is -2.13. The predicted molar refractivity (Wildman–Crippen MR) is 136 cm³/mol. The lowest BCUT2D eigenvalue weighted by atomic mass is 9.85. The first kappa shape index (κ1) is 25.6. The Hall–Kier alpha value is -2.67. The van der Waals surface area contributed by atoms with Crippen molar-refractivity contribution >= 4 is 33.4 Å². The number of carbonyl (C=O) groups excluding carboxylic acids is 1. The molecule has 3 aromatic rings. The Kier molecular flexibility index (Phi) is 8.61. The third-order valence-corrected chi connectivity index (χ3v) is 6.57. The van der Waals surface area contributed by atoms with Gasteiger partial charge < -0.3 is 9.84 Å². The normalized spacial score (nSPS) is 12.2. The van der Waals surface area contributed by atoms with Gasteiger partial charge in [0.2, 0.25) is 0 Å². The molecule has 0 spiro atoms. The van der Waals surface area contributed by atoms with E-state index < -0.39 is 5.97 Å². The molecule has 1 aromatic heterocycles. The number of aromatic hydroxyl groups is 1. The van der Waals surface area contributed by atoms with Crippen LogP contribution in [0.25, 0.3) is 16.7 Å². The van der Waals surface area contributed by atoms with Crippen LogP contribution >= 0.6 is 10.5 Å². The van der Waals surface area contributed by atoms with E-state index in [1.54, 1.807) is 18.2 Å². The molecule has 7 heteroatoms. The number of phenols is 1. The maximum atomic E-state index is 11.1. The summed E-state index contributed by atoms with van der Waals surface area (Å²) in [5.41, 5.74) is 3.39. The third-order valence-electron chi connectivity index (χ3n) is 4.77. The lowest BCUT2D eigenvalue weighted by Gasteiger charge is -2.22. The van der Waals surface area contributed by atoms with Crippen LogP contribution < -0.4 is 4.74 Å². The first-order chi connectivity index (χ1) is 15.0. The summed E-state index contributed by atoms with van der Waals surface area (Å²) in [5.74, 6) is 6.74. The van der Waals surface area contributed by atoms with Crippen LogP contribution in [0.2, 0.25) is 0 Å². The molecular formula is C25H35N3O3S. The molecule has 1 unspecified atom stereocenters. The summed E-state index contributed by atoms with van der Waals surface area (Å²) in [6.07, 6.45) is 1.29. The van der Waals surface area contributed by atoms with E-state index in [1.807, 2.05) is 39.8 Å². The second-order valence-electron chi connectivity index (χ2n) is 8.77. The number of esters is 1. The van der Waals surface area contributed by atoms with Crippen LogP contribution in [0.15, 0.2) is 30.3 Å². The average molecular weight is 458 g/mol. The van der Waals surface area contributed by atoms with Crippen LogP contribution in [0.5, 0.6) is 11.5 Å². The third kappa shape index (κ3) is 6.66. The maximum absolute atomic E-state index is 11.1. The van der Waals surface area contributed by atoms with Crippen LogP contribution in [0, 0.1) is 6.92 Å². The molecule has 0 aliphatic rings. The number of hydrogen-bond donors (Lipinski definition) is 1. The van der Waals surface area contributed by atoms with Gasteiger partial charge in [-0.3, -0.25) is 4.79 Å². The summed E-state index contributed by atoms with van der Waals surface area (Å²) < 4.78 is 5.08. The SMILES string of the molecule is C=S(CC)CCC.CC(=O)Oc1ccc2nn(-c3cc(C)cc(C(C)(C)C)c3O)nc2c1. The minimum absolute atomic E-state index is 0.165. The van der Waals surface area contributed by atoms with Crippen molar-refractivity contribution in [1.29, 1.82) is 0 Å². The summed E-state index contributed by atoms with van der Waals surface area (Å²) in [6, 6.07) is 8.86. The fourth-order valence-corrected chi connectivity index (χ4v) is 4.01. The van der Waals surface area contributed by atoms with Crippen molar-refractivity contribution in [1.82, 2.24) is 15.0 Å². The summed E-state index contributed by atoms with van der Waals surface area (Å²) in [7, 11) is 0.473. The van der Waals surface area contributed by atoms with Crippen molar-refractivity contribution in [3.63, 3.8) is 0 Å². The highest BCUT2D eigenvalue weighted by atomic mass is 32.2. The summed E-state index contributed by atoms with van der Waals surface area (Å²) in [6.45, 7) is 13.9. The molecule has 32 heavy (non-hydrogen) atoms. The number of fused-ring (bicyclic) bond motifs is 1. The quantitative estimate of drug-likeness (QED) is 0.299. The largest absolute Gasteiger partial charge is 0.505 e. The van der Waals surface area contributed by atoms with Gasteiger partial charge in [0.05, 0.1) is 0 Å². The maximum Gasteiger partial charge on any atom is 0.308 e. The Morgan fingerprint density at radius 1 is 1.16 bits per heavy atom. The Morgan fingerprint density at radius 2 is 1.81 bits per heavy atom. The number of benzene rings is 2. The number of carbonyl (C=O) groups is 1. The monoisotopic (exact) mass is 457 g/mol. The number of aryl methyl sites for hydroxylation is 1. The molecule has 1 heterocycles. The van der Waals surface area contributed by atoms with Gasteiger partial charge in [-0.05, 0) is 54.0 Å². The van der Waals surface area contributed by atoms with E-state index in [0.29, 0.717) is 33.0 Å². The molecular weight excluding hydrogens is 422 g/mol. The van der Waals surface area contributed by atoms with Crippen molar-refractivity contribution in [2.45, 2.75) is 60.3 Å². The van der Waals surface area contributed by atoms with Crippen molar-refractivity contribution in [2.75, 3.05) is 11.5 Å². The molecule has 6 nitrogen and oxygen atoms in total. The van der Waals surface area contributed by atoms with Gasteiger partial charge in [-0.1, -0.05) is 46.6 Å². The van der Waals surface area contributed by atoms with Gasteiger partial charge in [0.1, 0.15) is 28.2 Å². The molecule has 3 rings (SSSR count). The van der Waals surface area contributed by atoms with E-state index in [0.717, 1.165) is 11.1 Å². The number of rotatable bonds is 5. The first-order valence-electron chi connectivity index (χ1n) is 10.8. The van der Waals surface area contributed by atoms with E-state index >= 15 is 0 Å². The number of ether oxygens (including phenoxy) is 1. The van der Waals surface area contributed by atoms with E-state index in [1.165, 1.54) is 29.6 Å². The van der Waals surface area contributed by atoms with Crippen LogP contribution in [-0.4, -0.2) is 43.4 Å². The fourth-order valence-electron chi connectivity index (χ4n) is 3.15. The van der Waals surface area contributed by atoms with E-state index in [-0.39, 0.29) is 11.2 Å². The smallest absolute Gasteiger partial charge is 0.308 e. The Labute approximate surface area is 193 Å². The Balaban J connectivity index is 0.000000451. The van der Waals surface area contributed by atoms with E-state index in [4.69, 9.17) is 4.74 Å². The highest BCUT2D eigenvalue weighted by Gasteiger charge is 2.22. The van der Waals surface area contributed by atoms with E-state index in [9.17, 15) is 9.90 Å². The van der Waals surface area contributed by atoms with Crippen LogP contribution in [-0.2, 0) is 10.2 Å². The molecule has 174 valence electrons. The van der Waals surface area contributed by atoms with Gasteiger partial charge in [-0.25, -0.2) is 0 Å². The topological polar surface area (TPSA) is 77.2 Å². The van der Waals surface area contributed by atoms with Gasteiger partial charge >= 0.3 is 5.97 Å². The molecule has 2 aromatic carbocycles. The molecule has 0 bridgehead atoms. The zero-order valence-corrected chi connectivity index (χ0v) is 21.0. The molecule has 0 amide bonds. The van der Waals surface area contributed by atoms with Gasteiger partial charge in [-0.15, -0.1) is 15.0 Å². The van der Waals surface area contributed by atoms with Gasteiger partial charge in [-0.2, -0.15) is 10.5 Å². The average Bonchev–Trinajstić information content (AvgIpc) is 3.12. The second kappa shape index (κ2) is 10.8. The minimum Gasteiger partial charge on any atom is -0.505 e. The molecule has 1 atom stereocenters. The molecule has 0 fully saturated rings. The molecule has 0 saturated carbocycles. The van der Waals surface area contributed by atoms with Crippen LogP contribution in [0.4, 0.5) is 0 Å². The fraction of sp³-hybridized carbons (Fsp3) is 0.440. The molecule has 0 radical (unpaired) electrons. The summed E-state index contributed by atoms with van der Waals surface area (Å²) >= 11 is 0.